The SMILES string of the molecule is CC[C@]1(NC(=O)N(C)C)C[C@H]2CN(CCc3c([nH]c4ccccc34)[C@@](C(=O)OC)(c3cc4c(cc3OC)N(C)[C@H]3[C@@](O)(C(=O)OC)[C@H](OC(C)=O)[C@]5(CC)C=CCN6CC[C@]43[C@@H]65)C2)C1. The molecule has 3 N–H and O–H groups in total. The summed E-state index contributed by atoms with van der Waals surface area (Å²) < 4.78 is 24.1. The van der Waals surface area contributed by atoms with E-state index in [-0.39, 0.29) is 18.0 Å². The molecule has 10 atom stereocenters. The second-order valence-electron chi connectivity index (χ2n) is 19.6. The Morgan fingerprint density at radius 2 is 1.72 bits per heavy atom. The normalized spacial score (nSPS) is 34.8. The van der Waals surface area contributed by atoms with Gasteiger partial charge >= 0.3 is 23.9 Å². The molecule has 1 unspecified atom stereocenters. The zero-order valence-corrected chi connectivity index (χ0v) is 38.7. The van der Waals surface area contributed by atoms with Crippen molar-refractivity contribution >= 4 is 40.5 Å². The molecule has 15 nitrogen and oxygen atoms in total. The van der Waals surface area contributed by atoms with Gasteiger partial charge in [-0.15, -0.1) is 0 Å². The van der Waals surface area contributed by atoms with Crippen LogP contribution < -0.4 is 15.0 Å². The predicted octanol–water partition coefficient (Wildman–Crippen LogP) is 4.27. The van der Waals surface area contributed by atoms with Crippen LogP contribution in [0, 0.1) is 11.3 Å². The van der Waals surface area contributed by atoms with E-state index >= 15 is 4.79 Å². The number of fused-ring (bicyclic) bond motifs is 6. The molecule has 6 heterocycles. The highest BCUT2D eigenvalue weighted by atomic mass is 16.6. The van der Waals surface area contributed by atoms with Gasteiger partial charge in [0.25, 0.3) is 0 Å². The van der Waals surface area contributed by atoms with Crippen molar-refractivity contribution in [3.63, 3.8) is 0 Å². The van der Waals surface area contributed by atoms with Crippen molar-refractivity contribution in [1.29, 1.82) is 0 Å². The van der Waals surface area contributed by atoms with E-state index in [1.165, 1.54) is 21.1 Å². The lowest BCUT2D eigenvalue weighted by molar-refractivity contribution is -0.228. The number of aliphatic hydroxyl groups is 1. The maximum atomic E-state index is 15.6. The summed E-state index contributed by atoms with van der Waals surface area (Å²) in [6, 6.07) is 10.8. The standard InChI is InChI=1S/C49H64N6O9/c1-10-45(51-44(59)52(4)5)25-30-26-48(42(57)62-8,38-32(17-21-54(27-30)28-45)31-15-12-13-16-35(31)50-38)34-23-33-36(24-37(34)61-7)53(6)40-47(33)19-22-55-20-14-18-46(11-2,39(47)55)41(64-29(3)56)49(40,60)43(58)63-9/h12-16,18,23-24,30,39-41,50,60H,10-11,17,19-22,25-28H2,1-9H3,(H,51,59)/t30-,39+,40-,41-,45+,46-,47-,48+,49+/m1/s1. The van der Waals surface area contributed by atoms with Crippen molar-refractivity contribution in [1.82, 2.24) is 25.0 Å². The third kappa shape index (κ3) is 5.87. The Kier molecular flexibility index (Phi) is 10.7. The smallest absolute Gasteiger partial charge is 0.344 e. The highest BCUT2D eigenvalue weighted by Crippen LogP contribution is 2.68. The van der Waals surface area contributed by atoms with Gasteiger partial charge in [0, 0.05) is 105 Å². The lowest BCUT2D eigenvalue weighted by Gasteiger charge is -2.63. The summed E-state index contributed by atoms with van der Waals surface area (Å²) in [5.74, 6) is -1.59. The number of esters is 3. The molecular formula is C49H64N6O9. The minimum atomic E-state index is -2.32. The molecule has 2 bridgehead atoms. The molecule has 1 spiro atoms. The first kappa shape index (κ1) is 44.1. The van der Waals surface area contributed by atoms with Gasteiger partial charge in [0.15, 0.2) is 6.10 Å². The quantitative estimate of drug-likeness (QED) is 0.168. The molecule has 3 aromatic rings. The van der Waals surface area contributed by atoms with Crippen LogP contribution in [0.5, 0.6) is 5.75 Å². The average molecular weight is 881 g/mol. The van der Waals surface area contributed by atoms with E-state index in [2.05, 4.69) is 51.3 Å². The van der Waals surface area contributed by atoms with E-state index in [0.717, 1.165) is 33.4 Å². The number of nitrogens with zero attached hydrogens (tertiary/aromatic N) is 4. The fourth-order valence-corrected chi connectivity index (χ4v) is 14.1. The third-order valence-electron chi connectivity index (χ3n) is 16.4. The van der Waals surface area contributed by atoms with E-state index in [4.69, 9.17) is 18.9 Å². The summed E-state index contributed by atoms with van der Waals surface area (Å²) in [6.07, 6.45) is 6.11. The molecule has 5 aliphatic heterocycles. The number of carbonyl (C=O) groups excluding carboxylic acids is 4. The number of hydrogen-bond donors (Lipinski definition) is 3. The minimum Gasteiger partial charge on any atom is -0.496 e. The van der Waals surface area contributed by atoms with E-state index in [1.807, 2.05) is 43.1 Å². The average Bonchev–Trinajstić information content (AvgIpc) is 3.95. The summed E-state index contributed by atoms with van der Waals surface area (Å²) in [5, 5.41) is 17.8. The number of aromatic amines is 1. The highest BCUT2D eigenvalue weighted by molar-refractivity contribution is 5.95. The first-order valence-corrected chi connectivity index (χ1v) is 22.8. The molecule has 344 valence electrons. The number of H-pyrrole nitrogens is 1. The van der Waals surface area contributed by atoms with Crippen molar-refractivity contribution < 1.29 is 43.2 Å². The van der Waals surface area contributed by atoms with E-state index in [0.29, 0.717) is 82.6 Å². The molecule has 2 saturated heterocycles. The van der Waals surface area contributed by atoms with Gasteiger partial charge in [-0.2, -0.15) is 0 Å². The number of benzene rings is 2. The maximum absolute atomic E-state index is 15.6. The Morgan fingerprint density at radius 3 is 2.39 bits per heavy atom. The van der Waals surface area contributed by atoms with Gasteiger partial charge in [-0.3, -0.25) is 14.5 Å². The Balaban J connectivity index is 1.34. The molecule has 15 heteroatoms. The number of hydrogen-bond acceptors (Lipinski definition) is 12. The third-order valence-corrected chi connectivity index (χ3v) is 16.4. The highest BCUT2D eigenvalue weighted by Gasteiger charge is 2.80. The maximum Gasteiger partial charge on any atom is 0.344 e. The van der Waals surface area contributed by atoms with Gasteiger partial charge in [0.1, 0.15) is 11.2 Å². The molecule has 6 aliphatic rings. The summed E-state index contributed by atoms with van der Waals surface area (Å²) in [6.45, 7) is 8.80. The number of aromatic nitrogens is 1. The number of rotatable bonds is 8. The van der Waals surface area contributed by atoms with Crippen molar-refractivity contribution in [2.75, 3.05) is 80.1 Å². The molecule has 1 aliphatic carbocycles. The summed E-state index contributed by atoms with van der Waals surface area (Å²) >= 11 is 0. The number of urea groups is 1. The first-order chi connectivity index (χ1) is 30.5. The molecule has 2 amide bonds. The molecule has 2 aromatic carbocycles. The predicted molar refractivity (Wildman–Crippen MR) is 240 cm³/mol. The zero-order valence-electron chi connectivity index (χ0n) is 38.7. The molecule has 9 rings (SSSR count). The Bertz CT molecular complexity index is 2430. The molecule has 3 fully saturated rings. The molecule has 64 heavy (non-hydrogen) atoms. The summed E-state index contributed by atoms with van der Waals surface area (Å²) in [7, 11) is 9.66. The zero-order chi connectivity index (χ0) is 45.7. The summed E-state index contributed by atoms with van der Waals surface area (Å²) in [5.41, 5.74) is -1.39. The van der Waals surface area contributed by atoms with E-state index in [9.17, 15) is 19.5 Å². The monoisotopic (exact) mass is 880 g/mol. The molecular weight excluding hydrogens is 817 g/mol. The lowest BCUT2D eigenvalue weighted by atomic mass is 9.47. The number of methoxy groups -OCH3 is 3. The van der Waals surface area contributed by atoms with Gasteiger partial charge in [0.05, 0.1) is 32.9 Å². The first-order valence-electron chi connectivity index (χ1n) is 22.8. The molecule has 0 radical (unpaired) electrons. The van der Waals surface area contributed by atoms with Gasteiger partial charge in [-0.05, 0) is 74.2 Å². The Morgan fingerprint density at radius 1 is 0.969 bits per heavy atom. The van der Waals surface area contributed by atoms with Crippen LogP contribution in [0.2, 0.25) is 0 Å². The van der Waals surface area contributed by atoms with Gasteiger partial charge in [0.2, 0.25) is 5.60 Å². The number of nitrogens with one attached hydrogen (secondary N) is 2. The van der Waals surface area contributed by atoms with Crippen molar-refractivity contribution in [3.8, 4) is 5.75 Å². The van der Waals surface area contributed by atoms with Crippen LogP contribution in [-0.2, 0) is 45.8 Å². The Hall–Kier alpha value is -5.12. The van der Waals surface area contributed by atoms with Gasteiger partial charge in [-0.1, -0.05) is 44.2 Å². The molecule has 1 saturated carbocycles. The second kappa shape index (κ2) is 15.5. The Labute approximate surface area is 375 Å². The van der Waals surface area contributed by atoms with Crippen molar-refractivity contribution in [3.05, 3.63) is 70.9 Å². The van der Waals surface area contributed by atoms with Crippen molar-refractivity contribution in [2.24, 2.45) is 11.3 Å². The number of ether oxygens (including phenoxy) is 4. The van der Waals surface area contributed by atoms with Crippen LogP contribution in [-0.4, -0.2) is 153 Å². The number of piperidine rings is 1. The van der Waals surface area contributed by atoms with Crippen LogP contribution in [0.1, 0.15) is 75.3 Å². The van der Waals surface area contributed by atoms with Crippen molar-refractivity contribution in [2.45, 2.75) is 99.5 Å². The van der Waals surface area contributed by atoms with E-state index < -0.39 is 57.4 Å². The minimum absolute atomic E-state index is 0.0963. The fourth-order valence-electron chi connectivity index (χ4n) is 14.1. The fraction of sp³-hybridized carbons (Fsp3) is 0.592. The summed E-state index contributed by atoms with van der Waals surface area (Å²) in [4.78, 5) is 68.7. The van der Waals surface area contributed by atoms with Crippen LogP contribution >= 0.6 is 0 Å². The van der Waals surface area contributed by atoms with Crippen LogP contribution in [0.4, 0.5) is 10.5 Å². The number of likely N-dealkylation sites (N-methyl/N-ethyl adjacent to an activating group) is 1. The van der Waals surface area contributed by atoms with E-state index in [1.54, 1.807) is 26.1 Å². The number of carbonyl (C=O) groups is 4. The number of amides is 2. The topological polar surface area (TPSA) is 166 Å². The number of para-hydroxylation sites is 1. The van der Waals surface area contributed by atoms with Gasteiger partial charge < -0.3 is 49.1 Å². The largest absolute Gasteiger partial charge is 0.496 e. The second-order valence-corrected chi connectivity index (χ2v) is 19.6. The van der Waals surface area contributed by atoms with Crippen LogP contribution in [0.15, 0.2) is 48.6 Å². The van der Waals surface area contributed by atoms with Crippen LogP contribution in [0.25, 0.3) is 10.9 Å². The van der Waals surface area contributed by atoms with Crippen LogP contribution in [0.3, 0.4) is 0 Å². The number of anilines is 1. The lowest BCUT2D eigenvalue weighted by Crippen LogP contribution is -2.81. The molecule has 1 aromatic heterocycles. The van der Waals surface area contributed by atoms with Gasteiger partial charge in [-0.25, -0.2) is 9.59 Å².